The van der Waals surface area contributed by atoms with Gasteiger partial charge in [0.1, 0.15) is 0 Å². The minimum absolute atomic E-state index is 0.496. The summed E-state index contributed by atoms with van der Waals surface area (Å²) in [6.07, 6.45) is 5.11. The molecule has 3 nitrogen and oxygen atoms in total. The second-order valence-electron chi connectivity index (χ2n) is 2.32. The Hall–Kier alpha value is -1.55. The third-order valence-corrected chi connectivity index (χ3v) is 2.21. The molecular weight excluding hydrogens is 182 g/mol. The molecule has 0 aliphatic rings. The van der Waals surface area contributed by atoms with E-state index in [2.05, 4.69) is 15.0 Å². The van der Waals surface area contributed by atoms with Gasteiger partial charge in [0.25, 0.3) is 0 Å². The van der Waals surface area contributed by atoms with Gasteiger partial charge in [-0.2, -0.15) is 0 Å². The average Bonchev–Trinajstić information content (AvgIpc) is 2.69. The van der Waals surface area contributed by atoms with Gasteiger partial charge in [-0.1, -0.05) is 6.07 Å². The lowest BCUT2D eigenvalue weighted by Crippen LogP contribution is -1.78. The van der Waals surface area contributed by atoms with Crippen LogP contribution in [0, 0.1) is 0 Å². The molecular formula is C9H7N3S. The summed E-state index contributed by atoms with van der Waals surface area (Å²) in [4.78, 5) is 13.2. The van der Waals surface area contributed by atoms with E-state index in [-0.39, 0.29) is 0 Å². The monoisotopic (exact) mass is 189 g/mol. The fourth-order valence-electron chi connectivity index (χ4n) is 0.844. The molecule has 2 rings (SSSR count). The van der Waals surface area contributed by atoms with Gasteiger partial charge in [0, 0.05) is 23.5 Å². The third kappa shape index (κ3) is 2.19. The molecule has 0 bridgehead atoms. The summed E-state index contributed by atoms with van der Waals surface area (Å²) in [6, 6.07) is 5.75. The van der Waals surface area contributed by atoms with Crippen molar-refractivity contribution in [1.29, 1.82) is 0 Å². The summed E-state index contributed by atoms with van der Waals surface area (Å²) in [7, 11) is 0. The first kappa shape index (κ1) is 8.07. The number of aromatic nitrogens is 2. The maximum atomic E-state index is 4.11. The molecule has 4 heteroatoms. The predicted molar refractivity (Wildman–Crippen MR) is 53.6 cm³/mol. The maximum Gasteiger partial charge on any atom is 0.249 e. The van der Waals surface area contributed by atoms with Gasteiger partial charge in [0.05, 0.1) is 0 Å². The van der Waals surface area contributed by atoms with Crippen LogP contribution in [0.4, 0.5) is 5.95 Å². The van der Waals surface area contributed by atoms with Crippen molar-refractivity contribution in [2.45, 2.75) is 0 Å². The highest BCUT2D eigenvalue weighted by molar-refractivity contribution is 7.11. The first-order valence-electron chi connectivity index (χ1n) is 3.80. The Morgan fingerprint density at radius 2 is 2.08 bits per heavy atom. The summed E-state index contributed by atoms with van der Waals surface area (Å²) in [6.45, 7) is 0. The zero-order chi connectivity index (χ0) is 8.93. The minimum atomic E-state index is 0.496. The van der Waals surface area contributed by atoms with Crippen molar-refractivity contribution in [3.8, 4) is 0 Å². The standard InChI is InChI=1S/C9H7N3S/c1-3-8(13-6-1)7-12-9-10-4-2-5-11-9/h1-7H/b12-7+. The normalized spacial score (nSPS) is 10.8. The number of aliphatic imine (C=N–C) groups is 1. The summed E-state index contributed by atoms with van der Waals surface area (Å²) >= 11 is 1.64. The van der Waals surface area contributed by atoms with Gasteiger partial charge in [-0.3, -0.25) is 0 Å². The van der Waals surface area contributed by atoms with Gasteiger partial charge in [-0.05, 0) is 17.5 Å². The molecule has 0 amide bonds. The Kier molecular flexibility index (Phi) is 2.43. The van der Waals surface area contributed by atoms with Crippen LogP contribution in [0.15, 0.2) is 41.0 Å². The van der Waals surface area contributed by atoms with Crippen molar-refractivity contribution in [2.24, 2.45) is 4.99 Å². The van der Waals surface area contributed by atoms with Crippen LogP contribution in [0.1, 0.15) is 4.88 Å². The lowest BCUT2D eigenvalue weighted by atomic mass is 10.5. The van der Waals surface area contributed by atoms with Gasteiger partial charge in [0.15, 0.2) is 0 Å². The second-order valence-corrected chi connectivity index (χ2v) is 3.30. The van der Waals surface area contributed by atoms with E-state index in [0.29, 0.717) is 5.95 Å². The van der Waals surface area contributed by atoms with E-state index >= 15 is 0 Å². The Morgan fingerprint density at radius 1 is 1.23 bits per heavy atom. The fraction of sp³-hybridized carbons (Fsp3) is 0. The van der Waals surface area contributed by atoms with Crippen molar-refractivity contribution in [1.82, 2.24) is 9.97 Å². The topological polar surface area (TPSA) is 38.1 Å². The van der Waals surface area contributed by atoms with Gasteiger partial charge < -0.3 is 0 Å². The lowest BCUT2D eigenvalue weighted by Gasteiger charge is -1.87. The quantitative estimate of drug-likeness (QED) is 0.680. The van der Waals surface area contributed by atoms with Crippen LogP contribution in [0.3, 0.4) is 0 Å². The highest BCUT2D eigenvalue weighted by Crippen LogP contribution is 2.07. The van der Waals surface area contributed by atoms with E-state index in [1.54, 1.807) is 36.0 Å². The largest absolute Gasteiger partial charge is 0.249 e. The van der Waals surface area contributed by atoms with Gasteiger partial charge in [0.2, 0.25) is 5.95 Å². The fourth-order valence-corrected chi connectivity index (χ4v) is 1.43. The van der Waals surface area contributed by atoms with E-state index in [4.69, 9.17) is 0 Å². The Morgan fingerprint density at radius 3 is 2.77 bits per heavy atom. The SMILES string of the molecule is C(=N\c1ncccn1)/c1cccs1. The summed E-state index contributed by atoms with van der Waals surface area (Å²) in [5.41, 5.74) is 0. The Bertz CT molecular complexity index is 381. The molecule has 2 aromatic heterocycles. The Labute approximate surface area is 79.8 Å². The number of rotatable bonds is 2. The molecule has 0 radical (unpaired) electrons. The molecule has 0 fully saturated rings. The molecule has 2 aromatic rings. The zero-order valence-corrected chi connectivity index (χ0v) is 7.61. The first-order chi connectivity index (χ1) is 6.45. The summed E-state index contributed by atoms with van der Waals surface area (Å²) in [5.74, 6) is 0.496. The van der Waals surface area contributed by atoms with E-state index in [1.165, 1.54) is 0 Å². The molecule has 0 aliphatic carbocycles. The predicted octanol–water partition coefficient (Wildman–Crippen LogP) is 2.29. The molecule has 0 N–H and O–H groups in total. The lowest BCUT2D eigenvalue weighted by molar-refractivity contribution is 1.14. The molecule has 0 unspecified atom stereocenters. The molecule has 0 aromatic carbocycles. The van der Waals surface area contributed by atoms with Gasteiger partial charge >= 0.3 is 0 Å². The highest BCUT2D eigenvalue weighted by atomic mass is 32.1. The number of hydrogen-bond donors (Lipinski definition) is 0. The van der Waals surface area contributed by atoms with E-state index < -0.39 is 0 Å². The van der Waals surface area contributed by atoms with E-state index in [1.807, 2.05) is 17.5 Å². The van der Waals surface area contributed by atoms with Crippen molar-refractivity contribution in [2.75, 3.05) is 0 Å². The highest BCUT2D eigenvalue weighted by Gasteiger charge is 1.89. The maximum absolute atomic E-state index is 4.11. The molecule has 0 aliphatic heterocycles. The molecule has 0 spiro atoms. The van der Waals surface area contributed by atoms with Crippen LogP contribution in [0.5, 0.6) is 0 Å². The van der Waals surface area contributed by atoms with Crippen molar-refractivity contribution in [3.63, 3.8) is 0 Å². The smallest absolute Gasteiger partial charge is 0.220 e. The summed E-state index contributed by atoms with van der Waals surface area (Å²) < 4.78 is 0. The summed E-state index contributed by atoms with van der Waals surface area (Å²) in [5, 5.41) is 2.01. The van der Waals surface area contributed by atoms with Crippen LogP contribution in [0.25, 0.3) is 0 Å². The second kappa shape index (κ2) is 3.91. The van der Waals surface area contributed by atoms with Crippen LogP contribution < -0.4 is 0 Å². The average molecular weight is 189 g/mol. The van der Waals surface area contributed by atoms with Crippen molar-refractivity contribution in [3.05, 3.63) is 40.8 Å². The van der Waals surface area contributed by atoms with Crippen LogP contribution in [0.2, 0.25) is 0 Å². The van der Waals surface area contributed by atoms with Crippen LogP contribution >= 0.6 is 11.3 Å². The first-order valence-corrected chi connectivity index (χ1v) is 4.68. The Balaban J connectivity index is 2.15. The molecule has 64 valence electrons. The van der Waals surface area contributed by atoms with Crippen molar-refractivity contribution < 1.29 is 0 Å². The molecule has 0 atom stereocenters. The number of hydrogen-bond acceptors (Lipinski definition) is 4. The third-order valence-electron chi connectivity index (χ3n) is 1.40. The van der Waals surface area contributed by atoms with Gasteiger partial charge in [-0.15, -0.1) is 11.3 Å². The molecule has 0 saturated carbocycles. The molecule has 13 heavy (non-hydrogen) atoms. The number of thiophene rings is 1. The molecule has 0 saturated heterocycles. The van der Waals surface area contributed by atoms with E-state index in [0.717, 1.165) is 4.88 Å². The minimum Gasteiger partial charge on any atom is -0.220 e. The van der Waals surface area contributed by atoms with Crippen LogP contribution in [-0.2, 0) is 0 Å². The van der Waals surface area contributed by atoms with Gasteiger partial charge in [-0.25, -0.2) is 15.0 Å². The van der Waals surface area contributed by atoms with Crippen molar-refractivity contribution >= 4 is 23.5 Å². The zero-order valence-electron chi connectivity index (χ0n) is 6.79. The number of nitrogens with zero attached hydrogens (tertiary/aromatic N) is 3. The van der Waals surface area contributed by atoms with Crippen LogP contribution in [-0.4, -0.2) is 16.2 Å². The molecule has 2 heterocycles. The van der Waals surface area contributed by atoms with E-state index in [9.17, 15) is 0 Å².